The molecule has 1 heterocycles. The van der Waals surface area contributed by atoms with Gasteiger partial charge in [0, 0.05) is 31.6 Å². The van der Waals surface area contributed by atoms with Gasteiger partial charge in [0.15, 0.2) is 5.90 Å². The molecule has 2 saturated carbocycles. The molecule has 0 aromatic carbocycles. The minimum absolute atomic E-state index is 0.0983. The fourth-order valence-corrected chi connectivity index (χ4v) is 5.18. The first kappa shape index (κ1) is 26.3. The van der Waals surface area contributed by atoms with E-state index < -0.39 is 35.8 Å². The zero-order valence-corrected chi connectivity index (χ0v) is 19.3. The van der Waals surface area contributed by atoms with Crippen molar-refractivity contribution in [1.29, 1.82) is 5.41 Å². The normalized spacial score (nSPS) is 32.2. The maximum absolute atomic E-state index is 13.9. The van der Waals surface area contributed by atoms with Crippen LogP contribution in [0, 0.1) is 17.2 Å². The number of carbonyl (C=O) groups is 1. The Morgan fingerprint density at radius 2 is 1.82 bits per heavy atom. The third kappa shape index (κ3) is 7.08. The van der Waals surface area contributed by atoms with E-state index in [1.54, 1.807) is 4.90 Å². The molecule has 0 aromatic rings. The number of hydrogen-bond acceptors (Lipinski definition) is 5. The van der Waals surface area contributed by atoms with Gasteiger partial charge in [-0.3, -0.25) is 11.1 Å². The lowest BCUT2D eigenvalue weighted by molar-refractivity contribution is -0.198. The zero-order valence-electron chi connectivity index (χ0n) is 18.5. The van der Waals surface area contributed by atoms with Crippen LogP contribution in [0.2, 0.25) is 0 Å². The van der Waals surface area contributed by atoms with Crippen molar-refractivity contribution in [2.24, 2.45) is 17.6 Å². The number of ether oxygens (including phenoxy) is 2. The number of alkyl halides is 5. The van der Waals surface area contributed by atoms with E-state index in [-0.39, 0.29) is 18.0 Å². The van der Waals surface area contributed by atoms with Crippen LogP contribution in [0.3, 0.4) is 0 Å². The molecular weight excluding hydrogens is 468 g/mol. The van der Waals surface area contributed by atoms with Crippen molar-refractivity contribution < 1.29 is 31.8 Å². The topological polar surface area (TPSA) is 91.9 Å². The molecule has 4 atom stereocenters. The van der Waals surface area contributed by atoms with Gasteiger partial charge in [0.05, 0.1) is 18.6 Å². The van der Waals surface area contributed by atoms with Gasteiger partial charge in [-0.15, -0.1) is 11.6 Å². The van der Waals surface area contributed by atoms with Crippen LogP contribution in [0.15, 0.2) is 0 Å². The highest BCUT2D eigenvalue weighted by Crippen LogP contribution is 2.35. The van der Waals surface area contributed by atoms with Crippen LogP contribution in [0.1, 0.15) is 44.9 Å². The number of halogens is 5. The third-order valence-corrected chi connectivity index (χ3v) is 7.33. The number of carbonyl (C=O) groups excluding carboxylic acids is 1. The van der Waals surface area contributed by atoms with Gasteiger partial charge in [0.1, 0.15) is 6.17 Å². The summed E-state index contributed by atoms with van der Waals surface area (Å²) < 4.78 is 61.7. The number of amides is 2. The molecule has 3 fully saturated rings. The Labute approximate surface area is 196 Å². The molecule has 0 radical (unpaired) electrons. The predicted octanol–water partition coefficient (Wildman–Crippen LogP) is 3.89. The van der Waals surface area contributed by atoms with Gasteiger partial charge >= 0.3 is 12.2 Å². The molecule has 3 rings (SSSR count). The van der Waals surface area contributed by atoms with Gasteiger partial charge in [-0.25, -0.2) is 9.18 Å². The molecule has 1 aliphatic heterocycles. The average Bonchev–Trinajstić information content (AvgIpc) is 2.79. The van der Waals surface area contributed by atoms with Gasteiger partial charge < -0.3 is 19.3 Å². The first-order chi connectivity index (χ1) is 15.6. The van der Waals surface area contributed by atoms with Crippen molar-refractivity contribution in [2.45, 2.75) is 74.9 Å². The molecule has 0 spiro atoms. The minimum atomic E-state index is -4.72. The number of nitrogens with two attached hydrogens (primary N) is 1. The maximum atomic E-state index is 13.9. The summed E-state index contributed by atoms with van der Waals surface area (Å²) in [6, 6.07) is -0.252. The Morgan fingerprint density at radius 3 is 2.39 bits per heavy atom. The Balaban J connectivity index is 1.58. The molecule has 3 aliphatic rings. The molecule has 3 N–H and O–H groups in total. The zero-order chi connectivity index (χ0) is 24.2. The van der Waals surface area contributed by atoms with E-state index in [0.29, 0.717) is 77.8 Å². The molecule has 0 aromatic heterocycles. The summed E-state index contributed by atoms with van der Waals surface area (Å²) in [5.41, 5.74) is 4.98. The summed E-state index contributed by atoms with van der Waals surface area (Å²) in [4.78, 5) is 16.9. The van der Waals surface area contributed by atoms with Gasteiger partial charge in [-0.2, -0.15) is 13.2 Å². The van der Waals surface area contributed by atoms with Crippen LogP contribution in [0.4, 0.5) is 22.4 Å². The van der Waals surface area contributed by atoms with Gasteiger partial charge in [-0.05, 0) is 50.9 Å². The Morgan fingerprint density at radius 1 is 1.18 bits per heavy atom. The number of rotatable bonds is 5. The van der Waals surface area contributed by atoms with E-state index in [9.17, 15) is 22.4 Å². The highest BCUT2D eigenvalue weighted by atomic mass is 35.5. The van der Waals surface area contributed by atoms with Crippen molar-refractivity contribution in [1.82, 2.24) is 9.80 Å². The Hall–Kier alpha value is -1.33. The molecule has 2 amide bonds. The number of hydrogen-bond donors (Lipinski definition) is 2. The van der Waals surface area contributed by atoms with Crippen LogP contribution < -0.4 is 5.73 Å². The van der Waals surface area contributed by atoms with Gasteiger partial charge in [0.2, 0.25) is 6.23 Å². The summed E-state index contributed by atoms with van der Waals surface area (Å²) in [6.45, 7) is 2.42. The summed E-state index contributed by atoms with van der Waals surface area (Å²) in [6.07, 6.45) is -4.78. The number of nitrogens with one attached hydrogen (secondary N) is 1. The van der Waals surface area contributed by atoms with Gasteiger partial charge in [-0.1, -0.05) is 0 Å². The first-order valence-corrected chi connectivity index (χ1v) is 12.0. The third-order valence-electron chi connectivity index (χ3n) is 6.88. The number of urea groups is 1. The molecule has 2 aliphatic carbocycles. The van der Waals surface area contributed by atoms with Crippen molar-refractivity contribution in [3.05, 3.63) is 0 Å². The Bertz CT molecular complexity index is 672. The van der Waals surface area contributed by atoms with E-state index in [2.05, 4.69) is 4.74 Å². The van der Waals surface area contributed by atoms with Crippen LogP contribution in [0.25, 0.3) is 0 Å². The van der Waals surface area contributed by atoms with Crippen LogP contribution in [0.5, 0.6) is 0 Å². The minimum Gasteiger partial charge on any atom is -0.453 e. The molecule has 190 valence electrons. The quantitative estimate of drug-likeness (QED) is 0.197. The van der Waals surface area contributed by atoms with Crippen LogP contribution >= 0.6 is 11.6 Å². The first-order valence-electron chi connectivity index (χ1n) is 11.5. The van der Waals surface area contributed by atoms with Crippen molar-refractivity contribution >= 4 is 23.5 Å². The predicted molar refractivity (Wildman–Crippen MR) is 115 cm³/mol. The standard InChI is InChI=1S/C21H33ClF4N4O3/c22-16-11-15(5-6-17(16)23)30(20(31)29-7-9-32-10-8-29)12-13-1-3-14(4-2-13)18(27)33-19(28)21(24,25)26/h13-17,19,27H,1-12,28H2. The SMILES string of the molecule is N=C(OC(N)C(F)(F)F)C1CCC(CN(C(=O)N2CCOCC2)C2CCC(F)C(Cl)C2)CC1. The van der Waals surface area contributed by atoms with E-state index in [1.165, 1.54) is 0 Å². The molecule has 7 nitrogen and oxygen atoms in total. The lowest BCUT2D eigenvalue weighted by Crippen LogP contribution is -2.54. The second-order valence-corrected chi connectivity index (χ2v) is 9.76. The molecule has 1 saturated heterocycles. The highest BCUT2D eigenvalue weighted by molar-refractivity contribution is 6.21. The fourth-order valence-electron chi connectivity index (χ4n) is 4.85. The molecular formula is C21H33ClF4N4O3. The summed E-state index contributed by atoms with van der Waals surface area (Å²) >= 11 is 6.19. The smallest absolute Gasteiger partial charge is 0.439 e. The number of nitrogens with zero attached hydrogens (tertiary/aromatic N) is 2. The van der Waals surface area contributed by atoms with E-state index in [1.807, 2.05) is 4.90 Å². The largest absolute Gasteiger partial charge is 0.453 e. The second kappa shape index (κ2) is 11.4. The molecule has 12 heteroatoms. The summed E-state index contributed by atoms with van der Waals surface area (Å²) in [5, 5.41) is 7.24. The maximum Gasteiger partial charge on any atom is 0.439 e. The second-order valence-electron chi connectivity index (χ2n) is 9.20. The average molecular weight is 501 g/mol. The van der Waals surface area contributed by atoms with Crippen molar-refractivity contribution in [3.8, 4) is 0 Å². The lowest BCUT2D eigenvalue weighted by atomic mass is 9.81. The van der Waals surface area contributed by atoms with Crippen LogP contribution in [-0.2, 0) is 9.47 Å². The summed E-state index contributed by atoms with van der Waals surface area (Å²) in [5.74, 6) is -0.731. The fraction of sp³-hybridized carbons (Fsp3) is 0.905. The lowest BCUT2D eigenvalue weighted by Gasteiger charge is -2.43. The number of morpholine rings is 1. The van der Waals surface area contributed by atoms with Gasteiger partial charge in [0.25, 0.3) is 0 Å². The van der Waals surface area contributed by atoms with Crippen molar-refractivity contribution in [3.63, 3.8) is 0 Å². The van der Waals surface area contributed by atoms with E-state index in [0.717, 1.165) is 0 Å². The molecule has 4 unspecified atom stereocenters. The highest BCUT2D eigenvalue weighted by Gasteiger charge is 2.41. The van der Waals surface area contributed by atoms with Crippen molar-refractivity contribution in [2.75, 3.05) is 32.8 Å². The van der Waals surface area contributed by atoms with Crippen LogP contribution in [-0.4, -0.2) is 84.6 Å². The molecule has 0 bridgehead atoms. The van der Waals surface area contributed by atoms with E-state index in [4.69, 9.17) is 27.5 Å². The Kier molecular flexibility index (Phi) is 9.08. The van der Waals surface area contributed by atoms with E-state index >= 15 is 0 Å². The monoisotopic (exact) mass is 500 g/mol. The summed E-state index contributed by atoms with van der Waals surface area (Å²) in [7, 11) is 0. The molecule has 33 heavy (non-hydrogen) atoms.